The highest BCUT2D eigenvalue weighted by atomic mass is 32.3. The van der Waals surface area contributed by atoms with Crippen molar-refractivity contribution in [1.82, 2.24) is 0 Å². The van der Waals surface area contributed by atoms with Gasteiger partial charge in [-0.3, -0.25) is 0 Å². The van der Waals surface area contributed by atoms with E-state index in [4.69, 9.17) is 4.74 Å². The second kappa shape index (κ2) is 18.0. The Kier molecular flexibility index (Phi) is 10.8. The molecule has 2 spiro atoms. The van der Waals surface area contributed by atoms with Gasteiger partial charge in [-0.1, -0.05) is 193 Å². The Morgan fingerprint density at radius 3 is 0.926 bits per heavy atom. The molecule has 0 saturated heterocycles. The van der Waals surface area contributed by atoms with E-state index in [-0.39, 0.29) is 6.71 Å². The lowest BCUT2D eigenvalue weighted by Gasteiger charge is -2.48. The van der Waals surface area contributed by atoms with Gasteiger partial charge in [0.25, 0.3) is 6.71 Å². The lowest BCUT2D eigenvalue weighted by Crippen LogP contribution is -2.57. The number of nitrogens with zero attached hydrogens (tertiary/aromatic N) is 2. The number of anilines is 6. The summed E-state index contributed by atoms with van der Waals surface area (Å²) in [4.78, 5) is 16.1. The van der Waals surface area contributed by atoms with Crippen LogP contribution in [-0.2, 0) is 0 Å². The van der Waals surface area contributed by atoms with Gasteiger partial charge in [-0.2, -0.15) is 0 Å². The van der Waals surface area contributed by atoms with E-state index in [0.29, 0.717) is 17.8 Å². The summed E-state index contributed by atoms with van der Waals surface area (Å²) in [6, 6.07) is 92.7. The zero-order chi connectivity index (χ0) is 54.5. The molecule has 5 heterocycles. The van der Waals surface area contributed by atoms with Crippen molar-refractivity contribution in [3.8, 4) is 33.8 Å². The van der Waals surface area contributed by atoms with Crippen molar-refractivity contribution in [3.05, 3.63) is 259 Å². The average Bonchev–Trinajstić information content (AvgIpc) is 3.89. The van der Waals surface area contributed by atoms with Crippen molar-refractivity contribution in [3.63, 3.8) is 0 Å². The Labute approximate surface area is 480 Å². The minimum absolute atomic E-state index is 0.0804. The van der Waals surface area contributed by atoms with Crippen LogP contribution in [0, 0.1) is 0 Å². The maximum atomic E-state index is 7.64. The molecule has 81 heavy (non-hydrogen) atoms. The summed E-state index contributed by atoms with van der Waals surface area (Å²) in [5.74, 6) is 2.78. The van der Waals surface area contributed by atoms with E-state index in [0.717, 1.165) is 22.9 Å². The molecular weight excluding hydrogens is 1020 g/mol. The largest absolute Gasteiger partial charge is 0.458 e. The zero-order valence-electron chi connectivity index (χ0n) is 46.5. The first-order valence-electron chi connectivity index (χ1n) is 28.8. The number of fused-ring (bicyclic) bond motifs is 20. The van der Waals surface area contributed by atoms with Crippen molar-refractivity contribution in [2.24, 2.45) is 0 Å². The highest BCUT2D eigenvalue weighted by molar-refractivity contribution is 8.35. The molecular formula is C75H61BN2OS2. The Hall–Kier alpha value is -8.42. The lowest BCUT2D eigenvalue weighted by molar-refractivity contribution is 0.487. The summed E-state index contributed by atoms with van der Waals surface area (Å²) >= 11 is 0. The summed E-state index contributed by atoms with van der Waals surface area (Å²) in [5.41, 5.74) is 20.3. The van der Waals surface area contributed by atoms with Gasteiger partial charge in [0, 0.05) is 62.7 Å². The van der Waals surface area contributed by atoms with Gasteiger partial charge < -0.3 is 14.5 Å². The number of rotatable bonds is 6. The summed E-state index contributed by atoms with van der Waals surface area (Å²) in [6.45, 7) is 14.1. The standard InChI is InChI=1S/C75H61BN2OS2/c1-47(2)50-43-57(48(3)4)75(58(44-50)49(5)6)76-59-41-39-51(77-61-27-11-19-35-71(61)80(72-36-20-12-28-62(72)77)67-31-15-7-23-53(67)54-24-8-16-32-68(54)80)45-65(59)79-66-46-52(40-42-60(66)76)78-63-29-13-21-37-73(63)81(74-38-22-14-30-64(74)78)69-33-17-9-25-55(69)56-26-10-18-34-70(56)81/h7-49H,1-6H3. The van der Waals surface area contributed by atoms with Gasteiger partial charge in [-0.25, -0.2) is 0 Å². The van der Waals surface area contributed by atoms with Crippen LogP contribution < -0.4 is 30.9 Å². The summed E-state index contributed by atoms with van der Waals surface area (Å²) < 4.78 is 7.64. The molecule has 0 saturated carbocycles. The Morgan fingerprint density at radius 1 is 0.321 bits per heavy atom. The molecule has 0 fully saturated rings. The van der Waals surface area contributed by atoms with E-state index in [2.05, 4.69) is 294 Å². The third kappa shape index (κ3) is 6.58. The molecule has 16 rings (SSSR count). The third-order valence-corrected chi connectivity index (χ3v) is 26.1. The van der Waals surface area contributed by atoms with Gasteiger partial charge >= 0.3 is 0 Å². The van der Waals surface area contributed by atoms with Crippen molar-refractivity contribution in [2.75, 3.05) is 9.80 Å². The lowest BCUT2D eigenvalue weighted by atomic mass is 9.34. The second-order valence-corrected chi connectivity index (χ2v) is 29.3. The molecule has 6 heteroatoms. The first-order valence-corrected chi connectivity index (χ1v) is 32.1. The van der Waals surface area contributed by atoms with E-state index < -0.39 is 20.1 Å². The summed E-state index contributed by atoms with van der Waals surface area (Å²) in [6.07, 6.45) is 0. The van der Waals surface area contributed by atoms with E-state index in [1.165, 1.54) is 117 Å². The fraction of sp³-hybridized carbons (Fsp3) is 0.120. The molecule has 0 bridgehead atoms. The van der Waals surface area contributed by atoms with E-state index >= 15 is 0 Å². The van der Waals surface area contributed by atoms with E-state index in [1.807, 2.05) is 0 Å². The van der Waals surface area contributed by atoms with Crippen molar-refractivity contribution in [1.29, 1.82) is 0 Å². The molecule has 5 aliphatic rings. The van der Waals surface area contributed by atoms with Crippen LogP contribution in [0.2, 0.25) is 0 Å². The van der Waals surface area contributed by atoms with Gasteiger partial charge in [-0.15, -0.1) is 20.1 Å². The maximum absolute atomic E-state index is 7.64. The van der Waals surface area contributed by atoms with E-state index in [1.54, 1.807) is 0 Å². The Balaban J connectivity index is 0.911. The molecule has 0 unspecified atom stereocenters. The van der Waals surface area contributed by atoms with Crippen LogP contribution in [0.15, 0.2) is 282 Å². The van der Waals surface area contributed by atoms with Crippen molar-refractivity contribution in [2.45, 2.75) is 98.5 Å². The summed E-state index contributed by atoms with van der Waals surface area (Å²) in [5, 5.41) is 0. The minimum atomic E-state index is -1.85. The van der Waals surface area contributed by atoms with Crippen LogP contribution in [0.25, 0.3) is 22.3 Å². The molecule has 5 aliphatic heterocycles. The fourth-order valence-corrected chi connectivity index (χ4v) is 23.6. The average molecular weight is 1080 g/mol. The molecule has 0 radical (unpaired) electrons. The second-order valence-electron chi connectivity index (χ2n) is 23.3. The minimum Gasteiger partial charge on any atom is -0.458 e. The molecule has 392 valence electrons. The Morgan fingerprint density at radius 2 is 0.617 bits per heavy atom. The number of hydrogen-bond acceptors (Lipinski definition) is 3. The topological polar surface area (TPSA) is 15.7 Å². The predicted octanol–water partition coefficient (Wildman–Crippen LogP) is 19.9. The first kappa shape index (κ1) is 48.5. The molecule has 3 nitrogen and oxygen atoms in total. The van der Waals surface area contributed by atoms with Gasteiger partial charge in [0.05, 0.1) is 22.7 Å². The van der Waals surface area contributed by atoms with Crippen LogP contribution in [-0.4, -0.2) is 6.71 Å². The van der Waals surface area contributed by atoms with Crippen molar-refractivity contribution < 1.29 is 4.74 Å². The normalized spacial score (nSPS) is 15.6. The van der Waals surface area contributed by atoms with Crippen LogP contribution in [0.5, 0.6) is 11.5 Å². The molecule has 11 aromatic carbocycles. The zero-order valence-corrected chi connectivity index (χ0v) is 48.2. The third-order valence-electron chi connectivity index (χ3n) is 18.0. The molecule has 0 amide bonds. The highest BCUT2D eigenvalue weighted by Gasteiger charge is 2.50. The maximum Gasteiger partial charge on any atom is 0.251 e. The van der Waals surface area contributed by atoms with E-state index in [9.17, 15) is 0 Å². The Bertz CT molecular complexity index is 3980. The molecule has 0 N–H and O–H groups in total. The molecule has 0 aliphatic carbocycles. The molecule has 11 aromatic rings. The predicted molar refractivity (Wildman–Crippen MR) is 341 cm³/mol. The van der Waals surface area contributed by atoms with Crippen LogP contribution in [0.3, 0.4) is 0 Å². The smallest absolute Gasteiger partial charge is 0.251 e. The van der Waals surface area contributed by atoms with Crippen molar-refractivity contribution >= 4 is 77.3 Å². The number of benzene rings is 11. The van der Waals surface area contributed by atoms with Gasteiger partial charge in [-0.05, 0) is 153 Å². The van der Waals surface area contributed by atoms with Crippen LogP contribution in [0.4, 0.5) is 34.1 Å². The fourth-order valence-electron chi connectivity index (χ4n) is 14.6. The first-order chi connectivity index (χ1) is 39.7. The number of hydrogen-bond donors (Lipinski definition) is 0. The monoisotopic (exact) mass is 1080 g/mol. The van der Waals surface area contributed by atoms with Crippen LogP contribution in [0.1, 0.15) is 76.0 Å². The van der Waals surface area contributed by atoms with Crippen LogP contribution >= 0.6 is 20.1 Å². The van der Waals surface area contributed by atoms with Gasteiger partial charge in [0.2, 0.25) is 0 Å². The quantitative estimate of drug-likeness (QED) is 0.154. The highest BCUT2D eigenvalue weighted by Crippen LogP contribution is 2.86. The summed E-state index contributed by atoms with van der Waals surface area (Å²) in [7, 11) is -3.70. The number of para-hydroxylation sites is 4. The van der Waals surface area contributed by atoms with Gasteiger partial charge in [0.1, 0.15) is 11.5 Å². The molecule has 0 atom stereocenters. The number of ether oxygens (including phenoxy) is 1. The SMILES string of the molecule is CC(C)c1cc(C(C)C)c(B2c3ccc(N4c5ccccc5S5(c6ccccc6-c6ccccc65)c5ccccc54)cc3Oc3cc(N4c5ccccc5S5(c6ccccc6-c6ccccc65)c5ccccc54)ccc32)c(C(C)C)c1. The van der Waals surface area contributed by atoms with Gasteiger partial charge in [0.15, 0.2) is 0 Å². The molecule has 0 aromatic heterocycles.